The molecule has 0 bridgehead atoms. The molecule has 2 aromatic carbocycles. The molecule has 0 saturated carbocycles. The lowest BCUT2D eigenvalue weighted by molar-refractivity contribution is -0.255. The molecule has 0 aliphatic heterocycles. The van der Waals surface area contributed by atoms with Gasteiger partial charge in [0.2, 0.25) is 0 Å². The van der Waals surface area contributed by atoms with E-state index >= 15 is 0 Å². The van der Waals surface area contributed by atoms with Crippen LogP contribution in [0.15, 0.2) is 53.0 Å². The average Bonchev–Trinajstić information content (AvgIpc) is 2.53. The molecular weight excluding hydrogens is 362 g/mol. The molecule has 0 saturated heterocycles. The number of halogens is 1. The standard InChI is InChI=1S/C17H10BrNO4/c18-9-5-6-14-12(7-9)13(17(22)23)8-15(19-14)10-3-1-2-4-11(10)16(20)21/h1-8H,(H,20,21)(H,22,23)/p-2. The van der Waals surface area contributed by atoms with E-state index in [1.807, 2.05) is 0 Å². The molecule has 5 nitrogen and oxygen atoms in total. The fraction of sp³-hybridized carbons (Fsp3) is 0. The molecule has 1 heterocycles. The van der Waals surface area contributed by atoms with Crippen LogP contribution in [0.5, 0.6) is 0 Å². The van der Waals surface area contributed by atoms with E-state index in [0.717, 1.165) is 0 Å². The van der Waals surface area contributed by atoms with Crippen molar-refractivity contribution in [1.29, 1.82) is 0 Å². The number of carbonyl (C=O) groups is 2. The maximum atomic E-state index is 11.4. The highest BCUT2D eigenvalue weighted by atomic mass is 79.9. The van der Waals surface area contributed by atoms with Crippen LogP contribution in [0.2, 0.25) is 0 Å². The number of pyridine rings is 1. The number of hydrogen-bond donors (Lipinski definition) is 0. The highest BCUT2D eigenvalue weighted by molar-refractivity contribution is 9.10. The van der Waals surface area contributed by atoms with Gasteiger partial charge in [0.05, 0.1) is 23.1 Å². The molecule has 0 amide bonds. The Morgan fingerprint density at radius 3 is 2.30 bits per heavy atom. The zero-order valence-corrected chi connectivity index (χ0v) is 13.2. The smallest absolute Gasteiger partial charge is 0.0723 e. The number of nitrogens with zero attached hydrogens (tertiary/aromatic N) is 1. The van der Waals surface area contributed by atoms with Crippen molar-refractivity contribution < 1.29 is 19.8 Å². The van der Waals surface area contributed by atoms with Crippen molar-refractivity contribution in [3.05, 3.63) is 64.1 Å². The summed E-state index contributed by atoms with van der Waals surface area (Å²) in [5.74, 6) is -2.71. The van der Waals surface area contributed by atoms with Crippen LogP contribution in [0.3, 0.4) is 0 Å². The van der Waals surface area contributed by atoms with Crippen LogP contribution in [-0.4, -0.2) is 16.9 Å². The fourth-order valence-electron chi connectivity index (χ4n) is 2.39. The molecular formula is C17H8BrNO4-2. The molecule has 23 heavy (non-hydrogen) atoms. The second kappa shape index (κ2) is 5.81. The van der Waals surface area contributed by atoms with Gasteiger partial charge in [0, 0.05) is 26.5 Å². The van der Waals surface area contributed by atoms with E-state index in [0.29, 0.717) is 20.9 Å². The molecule has 0 N–H and O–H groups in total. The van der Waals surface area contributed by atoms with E-state index in [2.05, 4.69) is 20.9 Å². The van der Waals surface area contributed by atoms with Crippen LogP contribution in [0.1, 0.15) is 20.7 Å². The summed E-state index contributed by atoms with van der Waals surface area (Å²) in [5.41, 5.74) is 0.844. The lowest BCUT2D eigenvalue weighted by atomic mass is 10.0. The average molecular weight is 370 g/mol. The Bertz CT molecular complexity index is 952. The molecule has 3 rings (SSSR count). The van der Waals surface area contributed by atoms with Gasteiger partial charge in [0.25, 0.3) is 0 Å². The van der Waals surface area contributed by atoms with Crippen LogP contribution < -0.4 is 10.2 Å². The maximum absolute atomic E-state index is 11.4. The van der Waals surface area contributed by atoms with Gasteiger partial charge in [-0.1, -0.05) is 40.2 Å². The zero-order valence-electron chi connectivity index (χ0n) is 11.6. The molecule has 0 unspecified atom stereocenters. The van der Waals surface area contributed by atoms with Crippen LogP contribution >= 0.6 is 15.9 Å². The quantitative estimate of drug-likeness (QED) is 0.695. The number of hydrogen-bond acceptors (Lipinski definition) is 5. The third-order valence-electron chi connectivity index (χ3n) is 3.41. The monoisotopic (exact) mass is 369 g/mol. The molecule has 0 fully saturated rings. The molecule has 0 atom stereocenters. The number of fused-ring (bicyclic) bond motifs is 1. The van der Waals surface area contributed by atoms with E-state index in [9.17, 15) is 19.8 Å². The summed E-state index contributed by atoms with van der Waals surface area (Å²) in [6, 6.07) is 12.5. The van der Waals surface area contributed by atoms with E-state index in [4.69, 9.17) is 0 Å². The predicted molar refractivity (Wildman–Crippen MR) is 83.5 cm³/mol. The van der Waals surface area contributed by atoms with Crippen molar-refractivity contribution in [2.75, 3.05) is 0 Å². The first-order valence-corrected chi connectivity index (χ1v) is 7.39. The number of benzene rings is 2. The van der Waals surface area contributed by atoms with Crippen LogP contribution in [-0.2, 0) is 0 Å². The van der Waals surface area contributed by atoms with Crippen LogP contribution in [0.4, 0.5) is 0 Å². The van der Waals surface area contributed by atoms with Crippen molar-refractivity contribution in [2.24, 2.45) is 0 Å². The van der Waals surface area contributed by atoms with Gasteiger partial charge in [-0.3, -0.25) is 0 Å². The van der Waals surface area contributed by atoms with Crippen molar-refractivity contribution in [3.8, 4) is 11.3 Å². The summed E-state index contributed by atoms with van der Waals surface area (Å²) in [6.45, 7) is 0. The summed E-state index contributed by atoms with van der Waals surface area (Å²) in [4.78, 5) is 27.1. The second-order valence-electron chi connectivity index (χ2n) is 4.84. The molecule has 0 spiro atoms. The van der Waals surface area contributed by atoms with Gasteiger partial charge in [-0.2, -0.15) is 0 Å². The Morgan fingerprint density at radius 2 is 1.61 bits per heavy atom. The first-order valence-electron chi connectivity index (χ1n) is 6.60. The van der Waals surface area contributed by atoms with E-state index < -0.39 is 11.9 Å². The minimum Gasteiger partial charge on any atom is -0.545 e. The Hall–Kier alpha value is -2.73. The number of aromatic nitrogens is 1. The normalized spacial score (nSPS) is 10.7. The molecule has 0 aliphatic carbocycles. The van der Waals surface area contributed by atoms with Crippen LogP contribution in [0, 0.1) is 0 Å². The zero-order chi connectivity index (χ0) is 16.6. The van der Waals surface area contributed by atoms with Gasteiger partial charge >= 0.3 is 0 Å². The molecule has 3 aromatic rings. The summed E-state index contributed by atoms with van der Waals surface area (Å²) < 4.78 is 0.706. The van der Waals surface area contributed by atoms with Crippen molar-refractivity contribution in [2.45, 2.75) is 0 Å². The number of rotatable bonds is 3. The highest BCUT2D eigenvalue weighted by Gasteiger charge is 2.12. The lowest BCUT2D eigenvalue weighted by Crippen LogP contribution is -2.24. The van der Waals surface area contributed by atoms with Gasteiger partial charge in [0.1, 0.15) is 0 Å². The fourth-order valence-corrected chi connectivity index (χ4v) is 2.75. The highest BCUT2D eigenvalue weighted by Crippen LogP contribution is 2.28. The summed E-state index contributed by atoms with van der Waals surface area (Å²) >= 11 is 3.28. The topological polar surface area (TPSA) is 93.1 Å². The minimum absolute atomic E-state index is 0.0549. The van der Waals surface area contributed by atoms with Crippen LogP contribution in [0.25, 0.3) is 22.2 Å². The summed E-state index contributed by atoms with van der Waals surface area (Å²) in [7, 11) is 0. The van der Waals surface area contributed by atoms with Gasteiger partial charge in [0.15, 0.2) is 0 Å². The molecule has 0 aliphatic rings. The van der Waals surface area contributed by atoms with E-state index in [1.54, 1.807) is 36.4 Å². The molecule has 1 aromatic heterocycles. The van der Waals surface area contributed by atoms with Gasteiger partial charge < -0.3 is 19.8 Å². The summed E-state index contributed by atoms with van der Waals surface area (Å²) in [5, 5.41) is 23.1. The predicted octanol–water partition coefficient (Wildman–Crippen LogP) is 1.39. The second-order valence-corrected chi connectivity index (χ2v) is 5.75. The molecule has 6 heteroatoms. The number of carbonyl (C=O) groups excluding carboxylic acids is 2. The molecule has 114 valence electrons. The Morgan fingerprint density at radius 1 is 0.913 bits per heavy atom. The first kappa shape index (κ1) is 15.2. The lowest BCUT2D eigenvalue weighted by Gasteiger charge is -2.14. The van der Waals surface area contributed by atoms with E-state index in [1.165, 1.54) is 12.1 Å². The molecule has 0 radical (unpaired) electrons. The third-order valence-corrected chi connectivity index (χ3v) is 3.91. The van der Waals surface area contributed by atoms with Gasteiger partial charge in [-0.25, -0.2) is 4.98 Å². The number of carboxylic acid groups (broad SMARTS) is 2. The van der Waals surface area contributed by atoms with Crippen molar-refractivity contribution >= 4 is 38.8 Å². The largest absolute Gasteiger partial charge is 0.545 e. The Balaban J connectivity index is 2.34. The van der Waals surface area contributed by atoms with Gasteiger partial charge in [-0.05, 0) is 24.3 Å². The SMILES string of the molecule is O=C([O-])c1ccccc1-c1cc(C(=O)[O-])c2cc(Br)ccc2n1. The van der Waals surface area contributed by atoms with E-state index in [-0.39, 0.29) is 16.8 Å². The minimum atomic E-state index is -1.36. The Labute approximate surface area is 139 Å². The Kier molecular flexibility index (Phi) is 3.83. The van der Waals surface area contributed by atoms with Gasteiger partial charge in [-0.15, -0.1) is 0 Å². The maximum Gasteiger partial charge on any atom is 0.0723 e. The summed E-state index contributed by atoms with van der Waals surface area (Å²) in [6.07, 6.45) is 0. The van der Waals surface area contributed by atoms with Crippen molar-refractivity contribution in [1.82, 2.24) is 4.98 Å². The van der Waals surface area contributed by atoms with Crippen molar-refractivity contribution in [3.63, 3.8) is 0 Å². The number of carboxylic acids is 2. The first-order chi connectivity index (χ1) is 11.0. The third kappa shape index (κ3) is 2.80. The number of aromatic carboxylic acids is 2.